The first-order valence-electron chi connectivity index (χ1n) is 19.7. The third kappa shape index (κ3) is 5.09. The van der Waals surface area contributed by atoms with Crippen molar-refractivity contribution >= 4 is 82.7 Å². The average Bonchev–Trinajstić information content (AvgIpc) is 3.96. The molecule has 9 aromatic carbocycles. The summed E-state index contributed by atoms with van der Waals surface area (Å²) < 4.78 is 15.4. The number of hydrogen-bond acceptors (Lipinski definition) is 3. The van der Waals surface area contributed by atoms with Crippen molar-refractivity contribution in [3.8, 4) is 27.9 Å². The predicted octanol–water partition coefficient (Wildman–Crippen LogP) is 15.4. The summed E-state index contributed by atoms with van der Waals surface area (Å²) in [5.41, 5.74) is 13.4. The number of nitrogens with zero attached hydrogens (tertiary/aromatic N) is 2. The number of fused-ring (bicyclic) bond motifs is 9. The van der Waals surface area contributed by atoms with Gasteiger partial charge in [0.1, 0.15) is 11.2 Å². The summed E-state index contributed by atoms with van der Waals surface area (Å²) in [7, 11) is 0. The molecule has 12 aromatic rings. The van der Waals surface area contributed by atoms with Crippen molar-refractivity contribution in [2.75, 3.05) is 4.90 Å². The highest BCUT2D eigenvalue weighted by Crippen LogP contribution is 2.44. The van der Waals surface area contributed by atoms with Gasteiger partial charge in [-0.2, -0.15) is 0 Å². The molecule has 0 aliphatic carbocycles. The summed E-state index contributed by atoms with van der Waals surface area (Å²) in [6, 6.07) is 73.2. The molecule has 0 aliphatic rings. The van der Waals surface area contributed by atoms with Gasteiger partial charge < -0.3 is 13.7 Å². The van der Waals surface area contributed by atoms with Crippen molar-refractivity contribution in [3.63, 3.8) is 0 Å². The highest BCUT2D eigenvalue weighted by Gasteiger charge is 2.22. The number of furan rings is 2. The van der Waals surface area contributed by atoms with Gasteiger partial charge in [-0.25, -0.2) is 0 Å². The second kappa shape index (κ2) is 12.9. The average molecular weight is 743 g/mol. The third-order valence-corrected chi connectivity index (χ3v) is 11.6. The first kappa shape index (κ1) is 32.4. The van der Waals surface area contributed by atoms with Crippen LogP contribution in [0.5, 0.6) is 0 Å². The van der Waals surface area contributed by atoms with Gasteiger partial charge in [0.15, 0.2) is 5.58 Å². The van der Waals surface area contributed by atoms with Gasteiger partial charge in [0.05, 0.1) is 16.6 Å². The largest absolute Gasteiger partial charge is 0.454 e. The lowest BCUT2D eigenvalue weighted by Crippen LogP contribution is -2.10. The second-order valence-corrected chi connectivity index (χ2v) is 14.9. The van der Waals surface area contributed by atoms with Crippen LogP contribution in [0, 0.1) is 0 Å². The Morgan fingerprint density at radius 2 is 0.966 bits per heavy atom. The summed E-state index contributed by atoms with van der Waals surface area (Å²) in [5.74, 6) is 0. The standard InChI is InChI=1S/C54H34N2O2/c1-2-13-41(14-3-1)56-48-32-27-40(34-47(48)52-46-16-7-9-20-51(46)58-54(52)56)37-25-30-43(31-26-37)55(49-18-10-17-45-44-15-6-8-19-50(44)57-53(45)49)42-28-23-36(24-29-42)39-22-21-35-11-4-5-12-38(35)33-39/h1-34H. The molecule has 58 heavy (non-hydrogen) atoms. The Morgan fingerprint density at radius 1 is 0.379 bits per heavy atom. The smallest absolute Gasteiger partial charge is 0.213 e. The molecule has 12 rings (SSSR count). The number of hydrogen-bond donors (Lipinski definition) is 0. The van der Waals surface area contributed by atoms with Gasteiger partial charge in [0.25, 0.3) is 0 Å². The van der Waals surface area contributed by atoms with E-state index in [0.717, 1.165) is 88.8 Å². The lowest BCUT2D eigenvalue weighted by atomic mass is 10.0. The van der Waals surface area contributed by atoms with Crippen LogP contribution in [0.15, 0.2) is 215 Å². The Balaban J connectivity index is 0.986. The summed E-state index contributed by atoms with van der Waals surface area (Å²) in [6.07, 6.45) is 0. The molecule has 3 aromatic heterocycles. The normalized spacial score (nSPS) is 11.8. The lowest BCUT2D eigenvalue weighted by molar-refractivity contribution is 0.645. The first-order chi connectivity index (χ1) is 28.7. The molecular formula is C54H34N2O2. The SMILES string of the molecule is c1ccc(-n2c3ccc(-c4ccc(N(c5ccc(-c6ccc7ccccc7c6)cc5)c5cccc6c5oc5ccccc56)cc4)cc3c3c4ccccc4oc32)cc1. The van der Waals surface area contributed by atoms with Gasteiger partial charge in [0, 0.05) is 38.6 Å². The van der Waals surface area contributed by atoms with Crippen LogP contribution >= 0.6 is 0 Å². The molecule has 3 heterocycles. The summed E-state index contributed by atoms with van der Waals surface area (Å²) in [4.78, 5) is 2.31. The van der Waals surface area contributed by atoms with Crippen molar-refractivity contribution in [1.29, 1.82) is 0 Å². The van der Waals surface area contributed by atoms with Crippen LogP contribution in [0.3, 0.4) is 0 Å². The zero-order valence-electron chi connectivity index (χ0n) is 31.3. The maximum Gasteiger partial charge on any atom is 0.213 e. The van der Waals surface area contributed by atoms with Crippen molar-refractivity contribution in [1.82, 2.24) is 4.57 Å². The number of benzene rings is 9. The van der Waals surface area contributed by atoms with Crippen LogP contribution in [0.1, 0.15) is 0 Å². The molecule has 0 bridgehead atoms. The molecule has 0 fully saturated rings. The number of para-hydroxylation sites is 4. The van der Waals surface area contributed by atoms with Crippen LogP contribution in [0.2, 0.25) is 0 Å². The van der Waals surface area contributed by atoms with Gasteiger partial charge in [-0.15, -0.1) is 0 Å². The van der Waals surface area contributed by atoms with E-state index in [9.17, 15) is 0 Å². The Hall–Kier alpha value is -7.82. The minimum absolute atomic E-state index is 0.858. The zero-order valence-corrected chi connectivity index (χ0v) is 31.3. The van der Waals surface area contributed by atoms with E-state index in [1.807, 2.05) is 30.3 Å². The van der Waals surface area contributed by atoms with Crippen LogP contribution in [0.4, 0.5) is 17.1 Å². The highest BCUT2D eigenvalue weighted by atomic mass is 16.3. The molecular weight excluding hydrogens is 709 g/mol. The minimum atomic E-state index is 0.858. The van der Waals surface area contributed by atoms with Crippen LogP contribution < -0.4 is 4.90 Å². The summed E-state index contributed by atoms with van der Waals surface area (Å²) >= 11 is 0. The molecule has 0 saturated heterocycles. The highest BCUT2D eigenvalue weighted by molar-refractivity contribution is 6.20. The molecule has 0 amide bonds. The molecule has 272 valence electrons. The number of rotatable bonds is 6. The summed E-state index contributed by atoms with van der Waals surface area (Å²) in [5, 5.41) is 8.09. The van der Waals surface area contributed by atoms with Crippen molar-refractivity contribution in [2.45, 2.75) is 0 Å². The van der Waals surface area contributed by atoms with Crippen molar-refractivity contribution < 1.29 is 8.83 Å². The third-order valence-electron chi connectivity index (χ3n) is 11.6. The molecule has 0 N–H and O–H groups in total. The minimum Gasteiger partial charge on any atom is -0.454 e. The Bertz CT molecular complexity index is 3500. The van der Waals surface area contributed by atoms with E-state index in [0.29, 0.717) is 0 Å². The maximum absolute atomic E-state index is 6.62. The predicted molar refractivity (Wildman–Crippen MR) is 241 cm³/mol. The molecule has 0 spiro atoms. The molecule has 0 atom stereocenters. The monoisotopic (exact) mass is 742 g/mol. The van der Waals surface area contributed by atoms with Gasteiger partial charge >= 0.3 is 0 Å². The van der Waals surface area contributed by atoms with Crippen LogP contribution in [-0.4, -0.2) is 4.57 Å². The fourth-order valence-electron chi connectivity index (χ4n) is 8.81. The molecule has 0 aliphatic heterocycles. The Morgan fingerprint density at radius 3 is 1.72 bits per heavy atom. The van der Waals surface area contributed by atoms with E-state index in [1.165, 1.54) is 21.9 Å². The van der Waals surface area contributed by atoms with E-state index in [4.69, 9.17) is 8.83 Å². The van der Waals surface area contributed by atoms with E-state index < -0.39 is 0 Å². The maximum atomic E-state index is 6.62. The van der Waals surface area contributed by atoms with Crippen LogP contribution in [0.25, 0.3) is 93.6 Å². The van der Waals surface area contributed by atoms with E-state index >= 15 is 0 Å². The molecule has 0 saturated carbocycles. The van der Waals surface area contributed by atoms with Gasteiger partial charge in [0.2, 0.25) is 5.71 Å². The van der Waals surface area contributed by atoms with Gasteiger partial charge in [-0.1, -0.05) is 133 Å². The Labute approximate surface area is 334 Å². The topological polar surface area (TPSA) is 34.5 Å². The fraction of sp³-hybridized carbons (Fsp3) is 0. The van der Waals surface area contributed by atoms with Crippen molar-refractivity contribution in [3.05, 3.63) is 206 Å². The fourth-order valence-corrected chi connectivity index (χ4v) is 8.81. The second-order valence-electron chi connectivity index (χ2n) is 14.9. The number of aromatic nitrogens is 1. The quantitative estimate of drug-likeness (QED) is 0.170. The number of anilines is 3. The summed E-state index contributed by atoms with van der Waals surface area (Å²) in [6.45, 7) is 0. The van der Waals surface area contributed by atoms with Crippen molar-refractivity contribution in [2.24, 2.45) is 0 Å². The molecule has 4 nitrogen and oxygen atoms in total. The lowest BCUT2D eigenvalue weighted by Gasteiger charge is -2.26. The van der Waals surface area contributed by atoms with E-state index in [2.05, 4.69) is 185 Å². The molecule has 4 heteroatoms. The van der Waals surface area contributed by atoms with Gasteiger partial charge in [-0.05, 0) is 106 Å². The zero-order chi connectivity index (χ0) is 38.2. The molecule has 0 unspecified atom stereocenters. The van der Waals surface area contributed by atoms with E-state index in [1.54, 1.807) is 0 Å². The van der Waals surface area contributed by atoms with Crippen LogP contribution in [-0.2, 0) is 0 Å². The van der Waals surface area contributed by atoms with Gasteiger partial charge in [-0.3, -0.25) is 4.57 Å². The Kier molecular flexibility index (Phi) is 7.20. The molecule has 0 radical (unpaired) electrons. The van der Waals surface area contributed by atoms with E-state index in [-0.39, 0.29) is 0 Å². The first-order valence-corrected chi connectivity index (χ1v) is 19.7.